The first-order chi connectivity index (χ1) is 7.40. The zero-order valence-electron chi connectivity index (χ0n) is 7.79. The minimum absolute atomic E-state index is 0.568. The lowest BCUT2D eigenvalue weighted by atomic mass is 10.2. The lowest BCUT2D eigenvalue weighted by Crippen LogP contribution is -1.80. The number of aromatic nitrogens is 2. The van der Waals surface area contributed by atoms with Crippen molar-refractivity contribution in [2.45, 2.75) is 0 Å². The van der Waals surface area contributed by atoms with Crippen molar-refractivity contribution in [2.75, 3.05) is 0 Å². The Hall–Kier alpha value is -1.99. The van der Waals surface area contributed by atoms with E-state index in [-0.39, 0.29) is 0 Å². The predicted molar refractivity (Wildman–Crippen MR) is 59.8 cm³/mol. The van der Waals surface area contributed by atoms with Crippen LogP contribution in [0.15, 0.2) is 36.1 Å². The SMILES string of the molecule is N#C/C(=C\c1cccnc1)c1nccs1. The van der Waals surface area contributed by atoms with Gasteiger partial charge in [0.1, 0.15) is 11.1 Å². The Balaban J connectivity index is 2.37. The van der Waals surface area contributed by atoms with Gasteiger partial charge in [-0.1, -0.05) is 6.07 Å². The van der Waals surface area contributed by atoms with E-state index in [0.717, 1.165) is 10.6 Å². The summed E-state index contributed by atoms with van der Waals surface area (Å²) < 4.78 is 0. The molecule has 0 radical (unpaired) electrons. The van der Waals surface area contributed by atoms with Crippen molar-refractivity contribution in [1.82, 2.24) is 9.97 Å². The van der Waals surface area contributed by atoms with Gasteiger partial charge >= 0.3 is 0 Å². The highest BCUT2D eigenvalue weighted by Gasteiger charge is 2.02. The Morgan fingerprint density at radius 1 is 1.47 bits per heavy atom. The molecule has 2 aromatic heterocycles. The summed E-state index contributed by atoms with van der Waals surface area (Å²) in [6, 6.07) is 5.87. The summed E-state index contributed by atoms with van der Waals surface area (Å²) in [4.78, 5) is 8.07. The van der Waals surface area contributed by atoms with Crippen LogP contribution in [-0.4, -0.2) is 9.97 Å². The van der Waals surface area contributed by atoms with Crippen molar-refractivity contribution in [3.8, 4) is 6.07 Å². The van der Waals surface area contributed by atoms with Crippen LogP contribution in [0.1, 0.15) is 10.6 Å². The fourth-order valence-electron chi connectivity index (χ4n) is 1.13. The molecule has 0 bridgehead atoms. The fourth-order valence-corrected chi connectivity index (χ4v) is 1.73. The van der Waals surface area contributed by atoms with Crippen molar-refractivity contribution in [3.63, 3.8) is 0 Å². The summed E-state index contributed by atoms with van der Waals surface area (Å²) in [6.07, 6.45) is 6.89. The Morgan fingerprint density at radius 2 is 2.40 bits per heavy atom. The lowest BCUT2D eigenvalue weighted by molar-refractivity contribution is 1.32. The molecule has 0 aliphatic heterocycles. The topological polar surface area (TPSA) is 49.6 Å². The molecule has 0 saturated heterocycles. The number of pyridine rings is 1. The average Bonchev–Trinajstić information content (AvgIpc) is 2.81. The lowest BCUT2D eigenvalue weighted by Gasteiger charge is -1.93. The first-order valence-corrected chi connectivity index (χ1v) is 5.20. The zero-order chi connectivity index (χ0) is 10.5. The van der Waals surface area contributed by atoms with Gasteiger partial charge in [-0.05, 0) is 17.7 Å². The van der Waals surface area contributed by atoms with Gasteiger partial charge in [-0.3, -0.25) is 4.98 Å². The first kappa shape index (κ1) is 9.56. The zero-order valence-corrected chi connectivity index (χ0v) is 8.61. The van der Waals surface area contributed by atoms with Crippen LogP contribution in [0.2, 0.25) is 0 Å². The second-order valence-corrected chi connectivity index (χ2v) is 3.69. The molecule has 0 saturated carbocycles. The van der Waals surface area contributed by atoms with Crippen molar-refractivity contribution in [2.24, 2.45) is 0 Å². The number of nitriles is 1. The van der Waals surface area contributed by atoms with Gasteiger partial charge in [0.05, 0.1) is 5.57 Å². The van der Waals surface area contributed by atoms with E-state index < -0.39 is 0 Å². The van der Waals surface area contributed by atoms with Crippen LogP contribution in [-0.2, 0) is 0 Å². The molecular formula is C11H7N3S. The fraction of sp³-hybridized carbons (Fsp3) is 0. The van der Waals surface area contributed by atoms with Gasteiger partial charge in [-0.2, -0.15) is 5.26 Å². The monoisotopic (exact) mass is 213 g/mol. The molecular weight excluding hydrogens is 206 g/mol. The molecule has 0 N–H and O–H groups in total. The molecule has 15 heavy (non-hydrogen) atoms. The van der Waals surface area contributed by atoms with Crippen LogP contribution < -0.4 is 0 Å². The van der Waals surface area contributed by atoms with E-state index >= 15 is 0 Å². The maximum absolute atomic E-state index is 8.99. The number of hydrogen-bond donors (Lipinski definition) is 0. The van der Waals surface area contributed by atoms with E-state index in [1.54, 1.807) is 24.7 Å². The molecule has 2 rings (SSSR count). The molecule has 0 aliphatic rings. The van der Waals surface area contributed by atoms with Gasteiger partial charge < -0.3 is 0 Å². The smallest absolute Gasteiger partial charge is 0.133 e. The highest BCUT2D eigenvalue weighted by atomic mass is 32.1. The summed E-state index contributed by atoms with van der Waals surface area (Å²) in [5.41, 5.74) is 1.47. The number of allylic oxidation sites excluding steroid dienone is 1. The molecule has 3 nitrogen and oxygen atoms in total. The Kier molecular flexibility index (Phi) is 2.86. The number of rotatable bonds is 2. The van der Waals surface area contributed by atoms with Gasteiger partial charge in [0, 0.05) is 24.0 Å². The standard InChI is InChI=1S/C11H7N3S/c12-7-10(11-14-4-5-15-11)6-9-2-1-3-13-8-9/h1-6,8H/b10-6+. The summed E-state index contributed by atoms with van der Waals surface area (Å²) in [5.74, 6) is 0. The van der Waals surface area contributed by atoms with Crippen LogP contribution >= 0.6 is 11.3 Å². The minimum atomic E-state index is 0.568. The third-order valence-electron chi connectivity index (χ3n) is 1.78. The summed E-state index contributed by atoms with van der Waals surface area (Å²) in [7, 11) is 0. The summed E-state index contributed by atoms with van der Waals surface area (Å²) in [5, 5.41) is 11.6. The van der Waals surface area contributed by atoms with E-state index in [2.05, 4.69) is 16.0 Å². The number of thiazole rings is 1. The molecule has 2 heterocycles. The number of hydrogen-bond acceptors (Lipinski definition) is 4. The maximum atomic E-state index is 8.99. The van der Waals surface area contributed by atoms with Crippen molar-refractivity contribution in [3.05, 3.63) is 46.7 Å². The summed E-state index contributed by atoms with van der Waals surface area (Å²) >= 11 is 1.45. The van der Waals surface area contributed by atoms with E-state index in [9.17, 15) is 0 Å². The predicted octanol–water partition coefficient (Wildman–Crippen LogP) is 2.60. The van der Waals surface area contributed by atoms with E-state index in [0.29, 0.717) is 5.57 Å². The third-order valence-corrected chi connectivity index (χ3v) is 2.58. The molecule has 4 heteroatoms. The quantitative estimate of drug-likeness (QED) is 0.720. The normalized spacial score (nSPS) is 11.0. The molecule has 0 amide bonds. The van der Waals surface area contributed by atoms with Crippen molar-refractivity contribution < 1.29 is 0 Å². The van der Waals surface area contributed by atoms with Gasteiger partial charge in [-0.25, -0.2) is 4.98 Å². The van der Waals surface area contributed by atoms with Crippen molar-refractivity contribution in [1.29, 1.82) is 5.26 Å². The van der Waals surface area contributed by atoms with E-state index in [4.69, 9.17) is 5.26 Å². The highest BCUT2D eigenvalue weighted by Crippen LogP contribution is 2.18. The first-order valence-electron chi connectivity index (χ1n) is 4.32. The van der Waals surface area contributed by atoms with Crippen LogP contribution in [0.25, 0.3) is 11.6 Å². The second kappa shape index (κ2) is 4.49. The molecule has 0 fully saturated rings. The van der Waals surface area contributed by atoms with E-state index in [1.165, 1.54) is 11.3 Å². The van der Waals surface area contributed by atoms with Gasteiger partial charge in [-0.15, -0.1) is 11.3 Å². The molecule has 0 aromatic carbocycles. The van der Waals surface area contributed by atoms with Crippen LogP contribution in [0.3, 0.4) is 0 Å². The molecule has 0 unspecified atom stereocenters. The van der Waals surface area contributed by atoms with Gasteiger partial charge in [0.15, 0.2) is 0 Å². The molecule has 0 aliphatic carbocycles. The van der Waals surface area contributed by atoms with Crippen molar-refractivity contribution >= 4 is 23.0 Å². The Morgan fingerprint density at radius 3 is 3.00 bits per heavy atom. The minimum Gasteiger partial charge on any atom is -0.264 e. The van der Waals surface area contributed by atoms with Gasteiger partial charge in [0.25, 0.3) is 0 Å². The van der Waals surface area contributed by atoms with Crippen LogP contribution in [0.5, 0.6) is 0 Å². The number of nitrogens with zero attached hydrogens (tertiary/aromatic N) is 3. The van der Waals surface area contributed by atoms with Gasteiger partial charge in [0.2, 0.25) is 0 Å². The molecule has 0 spiro atoms. The summed E-state index contributed by atoms with van der Waals surface area (Å²) in [6.45, 7) is 0. The maximum Gasteiger partial charge on any atom is 0.133 e. The highest BCUT2D eigenvalue weighted by molar-refractivity contribution is 7.10. The van der Waals surface area contributed by atoms with Crippen LogP contribution in [0, 0.1) is 11.3 Å². The largest absolute Gasteiger partial charge is 0.264 e. The Labute approximate surface area is 91.4 Å². The average molecular weight is 213 g/mol. The Bertz CT molecular complexity index is 494. The third kappa shape index (κ3) is 2.27. The second-order valence-electron chi connectivity index (χ2n) is 2.79. The van der Waals surface area contributed by atoms with Crippen LogP contribution in [0.4, 0.5) is 0 Å². The molecule has 72 valence electrons. The molecule has 0 atom stereocenters. The molecule has 2 aromatic rings. The van der Waals surface area contributed by atoms with E-state index in [1.807, 2.05) is 17.5 Å².